The van der Waals surface area contributed by atoms with Gasteiger partial charge in [-0.1, -0.05) is 42.5 Å². The molecule has 7 heteroatoms. The Kier molecular flexibility index (Phi) is 5.30. The number of carbonyl (C=O) groups is 1. The Hall–Kier alpha value is -4.13. The number of ketones is 1. The molecule has 1 aliphatic heterocycles. The van der Waals surface area contributed by atoms with E-state index in [1.54, 1.807) is 13.2 Å². The van der Waals surface area contributed by atoms with E-state index in [0.29, 0.717) is 24.0 Å². The molecule has 166 valence electrons. The van der Waals surface area contributed by atoms with Crippen LogP contribution in [0, 0.1) is 10.1 Å². The van der Waals surface area contributed by atoms with Gasteiger partial charge >= 0.3 is 0 Å². The van der Waals surface area contributed by atoms with Gasteiger partial charge in [0.25, 0.3) is 5.69 Å². The lowest BCUT2D eigenvalue weighted by Gasteiger charge is -2.30. The number of anilines is 2. The number of nitrogens with one attached hydrogen (secondary N) is 2. The molecule has 0 bridgehead atoms. The van der Waals surface area contributed by atoms with Crippen LogP contribution in [0.25, 0.3) is 0 Å². The fraction of sp³-hybridized carbons (Fsp3) is 0.192. The van der Waals surface area contributed by atoms with Crippen molar-refractivity contribution in [2.45, 2.75) is 24.8 Å². The molecule has 0 fully saturated rings. The minimum atomic E-state index is -0.498. The normalized spacial score (nSPS) is 19.5. The highest BCUT2D eigenvalue weighted by Gasteiger charge is 2.37. The van der Waals surface area contributed by atoms with Crippen LogP contribution < -0.4 is 15.4 Å². The summed E-state index contributed by atoms with van der Waals surface area (Å²) < 4.78 is 5.55. The number of para-hydroxylation sites is 3. The number of carbonyl (C=O) groups excluding carboxylic acids is 1. The number of rotatable bonds is 4. The first-order valence-electron chi connectivity index (χ1n) is 10.8. The summed E-state index contributed by atoms with van der Waals surface area (Å²) >= 11 is 0. The predicted molar refractivity (Wildman–Crippen MR) is 127 cm³/mol. The van der Waals surface area contributed by atoms with Gasteiger partial charge in [-0.15, -0.1) is 0 Å². The van der Waals surface area contributed by atoms with Gasteiger partial charge in [0.15, 0.2) is 5.78 Å². The van der Waals surface area contributed by atoms with E-state index in [2.05, 4.69) is 10.6 Å². The lowest BCUT2D eigenvalue weighted by Crippen LogP contribution is -2.27. The van der Waals surface area contributed by atoms with Gasteiger partial charge in [0, 0.05) is 35.7 Å². The Morgan fingerprint density at radius 1 is 0.970 bits per heavy atom. The summed E-state index contributed by atoms with van der Waals surface area (Å²) in [5.41, 5.74) is 4.83. The van der Waals surface area contributed by atoms with Crippen molar-refractivity contribution in [2.24, 2.45) is 0 Å². The number of hydrogen-bond acceptors (Lipinski definition) is 6. The van der Waals surface area contributed by atoms with E-state index in [4.69, 9.17) is 4.74 Å². The molecular weight excluding hydrogens is 418 g/mol. The van der Waals surface area contributed by atoms with Gasteiger partial charge in [-0.2, -0.15) is 0 Å². The molecule has 2 aliphatic rings. The van der Waals surface area contributed by atoms with Crippen molar-refractivity contribution >= 4 is 22.8 Å². The number of hydrogen-bond donors (Lipinski definition) is 2. The van der Waals surface area contributed by atoms with Crippen molar-refractivity contribution in [3.8, 4) is 5.75 Å². The summed E-state index contributed by atoms with van der Waals surface area (Å²) in [6, 6.07) is 21.5. The number of nitro groups is 1. The third kappa shape index (κ3) is 3.82. The molecule has 2 unspecified atom stereocenters. The molecule has 5 rings (SSSR count). The number of nitrogens with zero attached hydrogens (tertiary/aromatic N) is 1. The molecule has 7 nitrogen and oxygen atoms in total. The maximum Gasteiger partial charge on any atom is 0.269 e. The number of fused-ring (bicyclic) bond motifs is 1. The van der Waals surface area contributed by atoms with Crippen LogP contribution >= 0.6 is 0 Å². The van der Waals surface area contributed by atoms with Crippen LogP contribution in [0.3, 0.4) is 0 Å². The predicted octanol–water partition coefficient (Wildman–Crippen LogP) is 5.58. The minimum Gasteiger partial charge on any atom is -0.496 e. The smallest absolute Gasteiger partial charge is 0.269 e. The molecule has 1 heterocycles. The molecule has 3 aromatic rings. The van der Waals surface area contributed by atoms with Crippen LogP contribution in [0.1, 0.15) is 35.9 Å². The highest BCUT2D eigenvalue weighted by molar-refractivity contribution is 6.01. The number of benzene rings is 3. The quantitative estimate of drug-likeness (QED) is 0.405. The Bertz CT molecular complexity index is 1280. The molecule has 2 N–H and O–H groups in total. The lowest BCUT2D eigenvalue weighted by molar-refractivity contribution is -0.384. The summed E-state index contributed by atoms with van der Waals surface area (Å²) in [6.45, 7) is 0. The average Bonchev–Trinajstić information content (AvgIpc) is 3.01. The molecule has 0 radical (unpaired) electrons. The fourth-order valence-electron chi connectivity index (χ4n) is 4.78. The molecule has 3 aromatic carbocycles. The zero-order chi connectivity index (χ0) is 22.9. The molecule has 1 aliphatic carbocycles. The number of nitro benzene ring substituents is 1. The van der Waals surface area contributed by atoms with Crippen molar-refractivity contribution in [1.82, 2.24) is 0 Å². The number of methoxy groups -OCH3 is 1. The zero-order valence-electron chi connectivity index (χ0n) is 18.1. The lowest BCUT2D eigenvalue weighted by atomic mass is 9.78. The second-order valence-corrected chi connectivity index (χ2v) is 8.26. The Morgan fingerprint density at radius 3 is 2.52 bits per heavy atom. The zero-order valence-corrected chi connectivity index (χ0v) is 18.1. The number of ether oxygens (including phenoxy) is 1. The second kappa shape index (κ2) is 8.43. The van der Waals surface area contributed by atoms with Crippen LogP contribution in [0.5, 0.6) is 5.75 Å². The van der Waals surface area contributed by atoms with Crippen molar-refractivity contribution in [2.75, 3.05) is 17.7 Å². The van der Waals surface area contributed by atoms with E-state index >= 15 is 0 Å². The first kappa shape index (κ1) is 20.8. The maximum absolute atomic E-state index is 13.6. The first-order valence-corrected chi connectivity index (χ1v) is 10.8. The van der Waals surface area contributed by atoms with E-state index in [0.717, 1.165) is 28.4 Å². The van der Waals surface area contributed by atoms with E-state index in [1.165, 1.54) is 12.1 Å². The molecular formula is C26H23N3O4. The summed E-state index contributed by atoms with van der Waals surface area (Å²) in [4.78, 5) is 24.6. The second-order valence-electron chi connectivity index (χ2n) is 8.26. The van der Waals surface area contributed by atoms with Crippen LogP contribution in [0.4, 0.5) is 17.1 Å². The third-order valence-corrected chi connectivity index (χ3v) is 6.30. The van der Waals surface area contributed by atoms with Crippen molar-refractivity contribution in [3.05, 3.63) is 105 Å². The van der Waals surface area contributed by atoms with Crippen molar-refractivity contribution < 1.29 is 14.5 Å². The number of allylic oxidation sites excluding steroid dienone is 1. The van der Waals surface area contributed by atoms with Crippen LogP contribution in [-0.4, -0.2) is 17.8 Å². The van der Waals surface area contributed by atoms with Gasteiger partial charge in [0.05, 0.1) is 29.4 Å². The standard InChI is InChI=1S/C26H23N3O4/c1-33-24-12-5-2-9-19(24)17-14-22-25(23(30)15-17)26(16-7-6-8-18(13-16)29(31)32)28-21-11-4-3-10-20(21)27-22/h2-13,17,26-28H,14-15H2,1H3. The molecule has 33 heavy (non-hydrogen) atoms. The topological polar surface area (TPSA) is 93.5 Å². The largest absolute Gasteiger partial charge is 0.496 e. The maximum atomic E-state index is 13.6. The Labute approximate surface area is 191 Å². The summed E-state index contributed by atoms with van der Waals surface area (Å²) in [6.07, 6.45) is 0.966. The van der Waals surface area contributed by atoms with Crippen LogP contribution in [-0.2, 0) is 4.79 Å². The molecule has 0 saturated carbocycles. The van der Waals surface area contributed by atoms with Gasteiger partial charge in [0.2, 0.25) is 0 Å². The van der Waals surface area contributed by atoms with Crippen LogP contribution in [0.15, 0.2) is 84.1 Å². The highest BCUT2D eigenvalue weighted by atomic mass is 16.6. The van der Waals surface area contributed by atoms with E-state index in [-0.39, 0.29) is 17.4 Å². The summed E-state index contributed by atoms with van der Waals surface area (Å²) in [5.74, 6) is 0.745. The first-order chi connectivity index (χ1) is 16.0. The Balaban J connectivity index is 1.63. The van der Waals surface area contributed by atoms with E-state index in [9.17, 15) is 14.9 Å². The third-order valence-electron chi connectivity index (χ3n) is 6.30. The average molecular weight is 441 g/mol. The van der Waals surface area contributed by atoms with Crippen molar-refractivity contribution in [3.63, 3.8) is 0 Å². The summed E-state index contributed by atoms with van der Waals surface area (Å²) in [5, 5.41) is 18.3. The molecule has 0 saturated heterocycles. The highest BCUT2D eigenvalue weighted by Crippen LogP contribution is 2.45. The van der Waals surface area contributed by atoms with Crippen molar-refractivity contribution in [1.29, 1.82) is 0 Å². The monoisotopic (exact) mass is 441 g/mol. The van der Waals surface area contributed by atoms with Gasteiger partial charge < -0.3 is 15.4 Å². The molecule has 0 spiro atoms. The van der Waals surface area contributed by atoms with E-state index < -0.39 is 11.0 Å². The SMILES string of the molecule is COc1ccccc1C1CC(=O)C2=C(C1)Nc1ccccc1NC2c1cccc([N+](=O)[O-])c1. The fourth-order valence-corrected chi connectivity index (χ4v) is 4.78. The van der Waals surface area contributed by atoms with Gasteiger partial charge in [0.1, 0.15) is 5.75 Å². The number of Topliss-reactive ketones (excluding diaryl/α,β-unsaturated/α-hetero) is 1. The van der Waals surface area contributed by atoms with Gasteiger partial charge in [-0.3, -0.25) is 14.9 Å². The minimum absolute atomic E-state index is 0.00269. The Morgan fingerprint density at radius 2 is 1.73 bits per heavy atom. The molecule has 0 aromatic heterocycles. The number of non-ortho nitro benzene ring substituents is 1. The van der Waals surface area contributed by atoms with Crippen LogP contribution in [0.2, 0.25) is 0 Å². The molecule has 2 atom stereocenters. The van der Waals surface area contributed by atoms with Gasteiger partial charge in [-0.05, 0) is 35.7 Å². The molecule has 0 amide bonds. The summed E-state index contributed by atoms with van der Waals surface area (Å²) in [7, 11) is 1.64. The van der Waals surface area contributed by atoms with E-state index in [1.807, 2.05) is 54.6 Å². The van der Waals surface area contributed by atoms with Gasteiger partial charge in [-0.25, -0.2) is 0 Å².